The molecule has 0 aliphatic rings. The summed E-state index contributed by atoms with van der Waals surface area (Å²) in [7, 11) is 0. The first kappa shape index (κ1) is 8.63. The molecule has 2 rings (SSSR count). The number of furan rings is 1. The largest absolute Gasteiger partial charge is 0.460 e. The molecule has 0 atom stereocenters. The van der Waals surface area contributed by atoms with Gasteiger partial charge in [0.15, 0.2) is 0 Å². The number of hydrogen-bond acceptors (Lipinski definition) is 2. The summed E-state index contributed by atoms with van der Waals surface area (Å²) in [4.78, 5) is 0. The highest BCUT2D eigenvalue weighted by Crippen LogP contribution is 2.22. The van der Waals surface area contributed by atoms with E-state index in [0.29, 0.717) is 5.58 Å². The van der Waals surface area contributed by atoms with Gasteiger partial charge in [0.1, 0.15) is 17.2 Å². The monoisotopic (exact) mass is 196 g/mol. The first-order valence-corrected chi connectivity index (χ1v) is 5.36. The Bertz CT molecular complexity index is 422. The zero-order valence-corrected chi connectivity index (χ0v) is 8.03. The van der Waals surface area contributed by atoms with Crippen LogP contribution in [0, 0.1) is 5.82 Å². The molecular weight excluding hydrogens is 187 g/mol. The minimum atomic E-state index is -0.252. The van der Waals surface area contributed by atoms with Crippen molar-refractivity contribution in [2.45, 2.75) is 5.75 Å². The summed E-state index contributed by atoms with van der Waals surface area (Å²) in [5.74, 6) is 1.47. The molecule has 0 aliphatic heterocycles. The van der Waals surface area contributed by atoms with Crippen LogP contribution in [0.3, 0.4) is 0 Å². The highest BCUT2D eigenvalue weighted by molar-refractivity contribution is 7.97. The molecule has 13 heavy (non-hydrogen) atoms. The van der Waals surface area contributed by atoms with Gasteiger partial charge in [-0.25, -0.2) is 4.39 Å². The van der Waals surface area contributed by atoms with Gasteiger partial charge in [-0.15, -0.1) is 0 Å². The molecule has 1 aromatic carbocycles. The van der Waals surface area contributed by atoms with E-state index in [0.717, 1.165) is 16.9 Å². The first-order chi connectivity index (χ1) is 6.29. The van der Waals surface area contributed by atoms with Gasteiger partial charge in [-0.2, -0.15) is 11.8 Å². The third-order valence-electron chi connectivity index (χ3n) is 1.82. The average Bonchev–Trinajstić information content (AvgIpc) is 2.46. The Labute approximate surface area is 79.9 Å². The lowest BCUT2D eigenvalue weighted by Crippen LogP contribution is -1.69. The second kappa shape index (κ2) is 3.42. The van der Waals surface area contributed by atoms with Crippen LogP contribution in [0.4, 0.5) is 4.39 Å². The lowest BCUT2D eigenvalue weighted by Gasteiger charge is -1.88. The molecule has 1 heterocycles. The number of thioether (sulfide) groups is 1. The third-order valence-corrected chi connectivity index (χ3v) is 2.39. The Hall–Kier alpha value is -0.960. The van der Waals surface area contributed by atoms with Gasteiger partial charge in [0, 0.05) is 11.5 Å². The van der Waals surface area contributed by atoms with Gasteiger partial charge in [0.05, 0.1) is 5.75 Å². The van der Waals surface area contributed by atoms with Gasteiger partial charge in [-0.05, 0) is 24.5 Å². The van der Waals surface area contributed by atoms with Crippen molar-refractivity contribution in [3.05, 3.63) is 35.8 Å². The smallest absolute Gasteiger partial charge is 0.137 e. The van der Waals surface area contributed by atoms with Crippen molar-refractivity contribution in [1.82, 2.24) is 0 Å². The van der Waals surface area contributed by atoms with Crippen molar-refractivity contribution in [2.75, 3.05) is 6.26 Å². The van der Waals surface area contributed by atoms with Crippen molar-refractivity contribution in [3.8, 4) is 0 Å². The van der Waals surface area contributed by atoms with E-state index < -0.39 is 0 Å². The summed E-state index contributed by atoms with van der Waals surface area (Å²) in [5.41, 5.74) is 0.629. The molecule has 1 nitrogen and oxygen atoms in total. The number of halogens is 1. The van der Waals surface area contributed by atoms with E-state index in [1.165, 1.54) is 12.1 Å². The van der Waals surface area contributed by atoms with Crippen molar-refractivity contribution in [1.29, 1.82) is 0 Å². The molecule has 0 unspecified atom stereocenters. The minimum absolute atomic E-state index is 0.252. The van der Waals surface area contributed by atoms with Crippen molar-refractivity contribution >= 4 is 22.7 Å². The van der Waals surface area contributed by atoms with E-state index in [4.69, 9.17) is 4.42 Å². The van der Waals surface area contributed by atoms with Crippen LogP contribution in [0.15, 0.2) is 28.7 Å². The van der Waals surface area contributed by atoms with Crippen molar-refractivity contribution < 1.29 is 8.81 Å². The first-order valence-electron chi connectivity index (χ1n) is 3.96. The summed E-state index contributed by atoms with van der Waals surface area (Å²) >= 11 is 1.69. The summed E-state index contributed by atoms with van der Waals surface area (Å²) in [6.07, 6.45) is 2.01. The topological polar surface area (TPSA) is 13.1 Å². The molecule has 0 N–H and O–H groups in total. The van der Waals surface area contributed by atoms with E-state index in [1.807, 2.05) is 12.3 Å². The maximum atomic E-state index is 12.8. The summed E-state index contributed by atoms with van der Waals surface area (Å²) in [6.45, 7) is 0. The lowest BCUT2D eigenvalue weighted by molar-refractivity contribution is 0.567. The number of hydrogen-bond donors (Lipinski definition) is 0. The van der Waals surface area contributed by atoms with E-state index in [9.17, 15) is 4.39 Å². The van der Waals surface area contributed by atoms with E-state index in [1.54, 1.807) is 17.8 Å². The SMILES string of the molecule is CSCc1cc2ccc(F)cc2o1. The average molecular weight is 196 g/mol. The molecule has 3 heteroatoms. The fourth-order valence-electron chi connectivity index (χ4n) is 1.27. The van der Waals surface area contributed by atoms with Gasteiger partial charge in [0.25, 0.3) is 0 Å². The maximum absolute atomic E-state index is 12.8. The maximum Gasteiger partial charge on any atom is 0.137 e. The Kier molecular flexibility index (Phi) is 2.27. The standard InChI is InChI=1S/C10H9FOS/c1-13-6-9-4-7-2-3-8(11)5-10(7)12-9/h2-5H,6H2,1H3. The zero-order valence-electron chi connectivity index (χ0n) is 7.21. The van der Waals surface area contributed by atoms with Crippen LogP contribution in [0.2, 0.25) is 0 Å². The molecule has 0 fully saturated rings. The van der Waals surface area contributed by atoms with Crippen LogP contribution in [0.1, 0.15) is 5.76 Å². The molecule has 68 valence electrons. The highest BCUT2D eigenvalue weighted by atomic mass is 32.2. The van der Waals surface area contributed by atoms with Crippen LogP contribution >= 0.6 is 11.8 Å². The van der Waals surface area contributed by atoms with Crippen LogP contribution in [-0.2, 0) is 5.75 Å². The number of benzene rings is 1. The lowest BCUT2D eigenvalue weighted by atomic mass is 10.2. The van der Waals surface area contributed by atoms with Crippen LogP contribution < -0.4 is 0 Å². The Morgan fingerprint density at radius 1 is 1.38 bits per heavy atom. The van der Waals surface area contributed by atoms with Crippen LogP contribution in [0.25, 0.3) is 11.0 Å². The molecule has 0 aliphatic carbocycles. The molecule has 2 aromatic rings. The number of rotatable bonds is 2. The fraction of sp³-hybridized carbons (Fsp3) is 0.200. The van der Waals surface area contributed by atoms with Gasteiger partial charge in [-0.1, -0.05) is 0 Å². The molecule has 1 aromatic heterocycles. The molecule has 0 spiro atoms. The molecule has 0 amide bonds. The molecule has 0 saturated heterocycles. The van der Waals surface area contributed by atoms with Crippen LogP contribution in [-0.4, -0.2) is 6.26 Å². The van der Waals surface area contributed by atoms with Gasteiger partial charge in [0.2, 0.25) is 0 Å². The quantitative estimate of drug-likeness (QED) is 0.730. The Balaban J connectivity index is 2.49. The Morgan fingerprint density at radius 2 is 2.23 bits per heavy atom. The predicted molar refractivity (Wildman–Crippen MR) is 53.4 cm³/mol. The van der Waals surface area contributed by atoms with E-state index in [-0.39, 0.29) is 5.82 Å². The Morgan fingerprint density at radius 3 is 3.00 bits per heavy atom. The number of fused-ring (bicyclic) bond motifs is 1. The fourth-order valence-corrected chi connectivity index (χ4v) is 1.70. The van der Waals surface area contributed by atoms with Crippen molar-refractivity contribution in [3.63, 3.8) is 0 Å². The second-order valence-corrected chi connectivity index (χ2v) is 3.69. The minimum Gasteiger partial charge on any atom is -0.460 e. The molecular formula is C10H9FOS. The summed E-state index contributed by atoms with van der Waals surface area (Å²) in [5, 5.41) is 0.963. The summed E-state index contributed by atoms with van der Waals surface area (Å²) < 4.78 is 18.2. The van der Waals surface area contributed by atoms with Gasteiger partial charge >= 0.3 is 0 Å². The normalized spacial score (nSPS) is 10.9. The van der Waals surface area contributed by atoms with E-state index >= 15 is 0 Å². The molecule has 0 saturated carbocycles. The second-order valence-electron chi connectivity index (χ2n) is 2.83. The van der Waals surface area contributed by atoms with E-state index in [2.05, 4.69) is 0 Å². The predicted octanol–water partition coefficient (Wildman–Crippen LogP) is 3.43. The summed E-state index contributed by atoms with van der Waals surface area (Å²) in [6, 6.07) is 6.54. The zero-order chi connectivity index (χ0) is 9.26. The molecule has 0 radical (unpaired) electrons. The highest BCUT2D eigenvalue weighted by Gasteiger charge is 2.03. The van der Waals surface area contributed by atoms with Gasteiger partial charge < -0.3 is 4.42 Å². The third kappa shape index (κ3) is 1.70. The van der Waals surface area contributed by atoms with Gasteiger partial charge in [-0.3, -0.25) is 0 Å². The molecule has 0 bridgehead atoms. The van der Waals surface area contributed by atoms with Crippen molar-refractivity contribution in [2.24, 2.45) is 0 Å². The van der Waals surface area contributed by atoms with Crippen LogP contribution in [0.5, 0.6) is 0 Å².